The zero-order valence-electron chi connectivity index (χ0n) is 14.8. The Kier molecular flexibility index (Phi) is 7.80. The van der Waals surface area contributed by atoms with Crippen molar-refractivity contribution in [1.82, 2.24) is 5.32 Å². The Morgan fingerprint density at radius 3 is 2.50 bits per heavy atom. The van der Waals surface area contributed by atoms with E-state index < -0.39 is 0 Å². The molecule has 0 unspecified atom stereocenters. The number of hydrogen-bond donors (Lipinski definition) is 1. The van der Waals surface area contributed by atoms with E-state index in [0.29, 0.717) is 19.5 Å². The van der Waals surface area contributed by atoms with Gasteiger partial charge in [0.05, 0.1) is 0 Å². The van der Waals surface area contributed by atoms with Crippen molar-refractivity contribution in [3.05, 3.63) is 30.3 Å². The van der Waals surface area contributed by atoms with Crippen molar-refractivity contribution in [2.45, 2.75) is 58.3 Å². The second-order valence-corrected chi connectivity index (χ2v) is 6.61. The van der Waals surface area contributed by atoms with Crippen molar-refractivity contribution in [3.63, 3.8) is 0 Å². The summed E-state index contributed by atoms with van der Waals surface area (Å²) in [6, 6.07) is 9.91. The van der Waals surface area contributed by atoms with Gasteiger partial charge in [-0.1, -0.05) is 44.4 Å². The highest BCUT2D eigenvalue weighted by Crippen LogP contribution is 2.27. The van der Waals surface area contributed by atoms with E-state index in [2.05, 4.69) is 5.32 Å². The van der Waals surface area contributed by atoms with Crippen molar-refractivity contribution in [2.24, 2.45) is 5.92 Å². The molecular formula is C20H30N2O2. The van der Waals surface area contributed by atoms with Gasteiger partial charge in [-0.2, -0.15) is 0 Å². The molecule has 0 heterocycles. The molecule has 2 amide bonds. The van der Waals surface area contributed by atoms with Crippen LogP contribution in [-0.4, -0.2) is 24.9 Å². The summed E-state index contributed by atoms with van der Waals surface area (Å²) in [4.78, 5) is 26.4. The van der Waals surface area contributed by atoms with Gasteiger partial charge in [-0.05, 0) is 37.8 Å². The van der Waals surface area contributed by atoms with Crippen LogP contribution in [0.15, 0.2) is 30.3 Å². The van der Waals surface area contributed by atoms with Gasteiger partial charge in [0.25, 0.3) is 0 Å². The number of benzene rings is 1. The van der Waals surface area contributed by atoms with Gasteiger partial charge in [0.2, 0.25) is 11.8 Å². The molecule has 1 aromatic carbocycles. The molecule has 2 rings (SSSR count). The Morgan fingerprint density at radius 2 is 1.83 bits per heavy atom. The van der Waals surface area contributed by atoms with Crippen LogP contribution in [0.4, 0.5) is 5.69 Å². The number of nitrogens with one attached hydrogen (secondary N) is 1. The monoisotopic (exact) mass is 330 g/mol. The van der Waals surface area contributed by atoms with Gasteiger partial charge in [0, 0.05) is 31.1 Å². The summed E-state index contributed by atoms with van der Waals surface area (Å²) >= 11 is 0. The van der Waals surface area contributed by atoms with Crippen LogP contribution in [0.1, 0.15) is 58.3 Å². The van der Waals surface area contributed by atoms with Crippen LogP contribution in [0.25, 0.3) is 0 Å². The smallest absolute Gasteiger partial charge is 0.230 e. The molecule has 0 aromatic heterocycles. The fourth-order valence-corrected chi connectivity index (χ4v) is 3.32. The van der Waals surface area contributed by atoms with Crippen LogP contribution >= 0.6 is 0 Å². The van der Waals surface area contributed by atoms with E-state index >= 15 is 0 Å². The van der Waals surface area contributed by atoms with Crippen molar-refractivity contribution >= 4 is 17.5 Å². The molecule has 0 aliphatic heterocycles. The summed E-state index contributed by atoms with van der Waals surface area (Å²) in [6.45, 7) is 3.28. The summed E-state index contributed by atoms with van der Waals surface area (Å²) in [5.74, 6) is 0.511. The van der Waals surface area contributed by atoms with E-state index in [-0.39, 0.29) is 17.7 Å². The lowest BCUT2D eigenvalue weighted by molar-refractivity contribution is -0.123. The molecule has 0 atom stereocenters. The van der Waals surface area contributed by atoms with Crippen LogP contribution in [0.3, 0.4) is 0 Å². The lowest BCUT2D eigenvalue weighted by atomic mass is 9.88. The van der Waals surface area contributed by atoms with Crippen LogP contribution in [0.2, 0.25) is 0 Å². The van der Waals surface area contributed by atoms with E-state index in [1.54, 1.807) is 0 Å². The van der Waals surface area contributed by atoms with Crippen LogP contribution < -0.4 is 10.2 Å². The van der Waals surface area contributed by atoms with E-state index in [1.807, 2.05) is 42.2 Å². The SMILES string of the molecule is CCCC(=O)NCCCN(C(=O)C1CCCCC1)c1ccccc1. The van der Waals surface area contributed by atoms with Crippen LogP contribution in [0, 0.1) is 5.92 Å². The zero-order valence-corrected chi connectivity index (χ0v) is 14.8. The second kappa shape index (κ2) is 10.1. The molecule has 1 saturated carbocycles. The largest absolute Gasteiger partial charge is 0.356 e. The summed E-state index contributed by atoms with van der Waals surface area (Å²) in [5.41, 5.74) is 0.966. The fraction of sp³-hybridized carbons (Fsp3) is 0.600. The Balaban J connectivity index is 1.93. The Labute approximate surface area is 145 Å². The Morgan fingerprint density at radius 1 is 1.12 bits per heavy atom. The normalized spacial score (nSPS) is 15.0. The van der Waals surface area contributed by atoms with Crippen molar-refractivity contribution in [2.75, 3.05) is 18.0 Å². The number of rotatable bonds is 8. The summed E-state index contributed by atoms with van der Waals surface area (Å²) in [7, 11) is 0. The van der Waals surface area contributed by atoms with E-state index in [9.17, 15) is 9.59 Å². The standard InChI is InChI=1S/C20H30N2O2/c1-2-10-19(23)21-15-9-16-22(18-13-7-4-8-14-18)20(24)17-11-5-3-6-12-17/h4,7-8,13-14,17H,2-3,5-6,9-12,15-16H2,1H3,(H,21,23). The van der Waals surface area contributed by atoms with Gasteiger partial charge in [0.1, 0.15) is 0 Å². The highest BCUT2D eigenvalue weighted by Gasteiger charge is 2.26. The number of anilines is 1. The van der Waals surface area contributed by atoms with Crippen LogP contribution in [-0.2, 0) is 9.59 Å². The molecule has 24 heavy (non-hydrogen) atoms. The molecule has 0 spiro atoms. The van der Waals surface area contributed by atoms with Gasteiger partial charge in [-0.25, -0.2) is 0 Å². The number of carbonyl (C=O) groups excluding carboxylic acids is 2. The minimum absolute atomic E-state index is 0.0994. The van der Waals surface area contributed by atoms with E-state index in [0.717, 1.165) is 44.2 Å². The fourth-order valence-electron chi connectivity index (χ4n) is 3.32. The highest BCUT2D eigenvalue weighted by atomic mass is 16.2. The molecular weight excluding hydrogens is 300 g/mol. The van der Waals surface area contributed by atoms with Crippen LogP contribution in [0.5, 0.6) is 0 Å². The maximum Gasteiger partial charge on any atom is 0.230 e. The first kappa shape index (κ1) is 18.5. The maximum absolute atomic E-state index is 13.0. The topological polar surface area (TPSA) is 49.4 Å². The number of carbonyl (C=O) groups is 2. The third kappa shape index (κ3) is 5.66. The van der Waals surface area contributed by atoms with Gasteiger partial charge < -0.3 is 10.2 Å². The first-order valence-electron chi connectivity index (χ1n) is 9.35. The second-order valence-electron chi connectivity index (χ2n) is 6.61. The van der Waals surface area contributed by atoms with Gasteiger partial charge in [-0.15, -0.1) is 0 Å². The molecule has 1 aromatic rings. The zero-order chi connectivity index (χ0) is 17.2. The molecule has 4 heteroatoms. The van der Waals surface area contributed by atoms with Gasteiger partial charge in [0.15, 0.2) is 0 Å². The number of para-hydroxylation sites is 1. The van der Waals surface area contributed by atoms with E-state index in [1.165, 1.54) is 6.42 Å². The molecule has 1 fully saturated rings. The number of amides is 2. The number of hydrogen-bond acceptors (Lipinski definition) is 2. The van der Waals surface area contributed by atoms with Gasteiger partial charge >= 0.3 is 0 Å². The summed E-state index contributed by atoms with van der Waals surface area (Å²) in [6.07, 6.45) is 7.80. The third-order valence-electron chi connectivity index (χ3n) is 4.65. The first-order chi connectivity index (χ1) is 11.7. The molecule has 1 aliphatic carbocycles. The first-order valence-corrected chi connectivity index (χ1v) is 9.35. The summed E-state index contributed by atoms with van der Waals surface area (Å²) in [5, 5.41) is 2.93. The quantitative estimate of drug-likeness (QED) is 0.735. The third-order valence-corrected chi connectivity index (χ3v) is 4.65. The molecule has 4 nitrogen and oxygen atoms in total. The van der Waals surface area contributed by atoms with Crippen molar-refractivity contribution in [3.8, 4) is 0 Å². The predicted octanol–water partition coefficient (Wildman–Crippen LogP) is 3.91. The predicted molar refractivity (Wildman–Crippen MR) is 97.9 cm³/mol. The molecule has 0 bridgehead atoms. The lowest BCUT2D eigenvalue weighted by Gasteiger charge is -2.29. The molecule has 1 N–H and O–H groups in total. The Hall–Kier alpha value is -1.84. The molecule has 0 radical (unpaired) electrons. The van der Waals surface area contributed by atoms with Gasteiger partial charge in [-0.3, -0.25) is 9.59 Å². The molecule has 1 aliphatic rings. The minimum Gasteiger partial charge on any atom is -0.356 e. The number of nitrogens with zero attached hydrogens (tertiary/aromatic N) is 1. The molecule has 132 valence electrons. The minimum atomic E-state index is 0.0994. The van der Waals surface area contributed by atoms with Crippen molar-refractivity contribution < 1.29 is 9.59 Å². The average Bonchev–Trinajstić information content (AvgIpc) is 2.63. The van der Waals surface area contributed by atoms with Crippen molar-refractivity contribution in [1.29, 1.82) is 0 Å². The Bertz CT molecular complexity index is 510. The van der Waals surface area contributed by atoms with E-state index in [4.69, 9.17) is 0 Å². The highest BCUT2D eigenvalue weighted by molar-refractivity contribution is 5.95. The maximum atomic E-state index is 13.0. The lowest BCUT2D eigenvalue weighted by Crippen LogP contribution is -2.39. The summed E-state index contributed by atoms with van der Waals surface area (Å²) < 4.78 is 0. The average molecular weight is 330 g/mol. The molecule has 0 saturated heterocycles.